The number of rotatable bonds is 8. The lowest BCUT2D eigenvalue weighted by Crippen LogP contribution is -2.38. The van der Waals surface area contributed by atoms with Gasteiger partial charge in [-0.05, 0) is 31.2 Å². The van der Waals surface area contributed by atoms with Crippen molar-refractivity contribution in [2.45, 2.75) is 13.0 Å². The van der Waals surface area contributed by atoms with Crippen LogP contribution in [0.3, 0.4) is 0 Å². The number of non-ortho nitro benzene ring substituents is 1. The second kappa shape index (κ2) is 8.52. The third kappa shape index (κ3) is 5.28. The smallest absolute Gasteiger partial charge is 0.269 e. The SMILES string of the molecule is C[C@H](Oc1ccccc1)C(=O)NCCNc1ccc([N+](=O)[O-])cc1. The predicted molar refractivity (Wildman–Crippen MR) is 91.1 cm³/mol. The van der Waals surface area contributed by atoms with E-state index in [0.717, 1.165) is 5.69 Å². The molecule has 7 nitrogen and oxygen atoms in total. The average Bonchev–Trinajstić information content (AvgIpc) is 2.59. The zero-order valence-corrected chi connectivity index (χ0v) is 13.3. The Hall–Kier alpha value is -3.09. The van der Waals surface area contributed by atoms with Crippen molar-refractivity contribution in [3.8, 4) is 5.75 Å². The minimum absolute atomic E-state index is 0.0424. The van der Waals surface area contributed by atoms with E-state index in [9.17, 15) is 14.9 Å². The van der Waals surface area contributed by atoms with Crippen molar-refractivity contribution in [2.75, 3.05) is 18.4 Å². The minimum atomic E-state index is -0.591. The van der Waals surface area contributed by atoms with Gasteiger partial charge in [0.1, 0.15) is 5.75 Å². The highest BCUT2D eigenvalue weighted by molar-refractivity contribution is 5.80. The second-order valence-corrected chi connectivity index (χ2v) is 5.09. The van der Waals surface area contributed by atoms with Gasteiger partial charge in [0, 0.05) is 30.9 Å². The van der Waals surface area contributed by atoms with Gasteiger partial charge in [0.2, 0.25) is 0 Å². The second-order valence-electron chi connectivity index (χ2n) is 5.09. The van der Waals surface area contributed by atoms with E-state index in [0.29, 0.717) is 18.8 Å². The topological polar surface area (TPSA) is 93.5 Å². The number of nitro benzene ring substituents is 1. The average molecular weight is 329 g/mol. The van der Waals surface area contributed by atoms with E-state index in [-0.39, 0.29) is 11.6 Å². The summed E-state index contributed by atoms with van der Waals surface area (Å²) in [7, 11) is 0. The van der Waals surface area contributed by atoms with Gasteiger partial charge in [-0.1, -0.05) is 18.2 Å². The number of nitro groups is 1. The zero-order chi connectivity index (χ0) is 17.4. The fraction of sp³-hybridized carbons (Fsp3) is 0.235. The van der Waals surface area contributed by atoms with Crippen molar-refractivity contribution >= 4 is 17.3 Å². The summed E-state index contributed by atoms with van der Waals surface area (Å²) in [5.41, 5.74) is 0.796. The van der Waals surface area contributed by atoms with E-state index in [1.807, 2.05) is 18.2 Å². The molecule has 0 heterocycles. The molecule has 126 valence electrons. The molecule has 0 aliphatic heterocycles. The number of para-hydroxylation sites is 1. The van der Waals surface area contributed by atoms with Crippen molar-refractivity contribution in [2.24, 2.45) is 0 Å². The molecule has 0 bridgehead atoms. The first-order valence-electron chi connectivity index (χ1n) is 7.54. The summed E-state index contributed by atoms with van der Waals surface area (Å²) in [6.07, 6.45) is -0.591. The number of amides is 1. The number of hydrogen-bond acceptors (Lipinski definition) is 5. The summed E-state index contributed by atoms with van der Waals surface area (Å²) in [6, 6.07) is 15.2. The first-order valence-corrected chi connectivity index (χ1v) is 7.54. The molecule has 2 rings (SSSR count). The third-order valence-electron chi connectivity index (χ3n) is 3.26. The van der Waals surface area contributed by atoms with Crippen LogP contribution in [0.15, 0.2) is 54.6 Å². The molecule has 0 aliphatic rings. The van der Waals surface area contributed by atoms with Crippen LogP contribution < -0.4 is 15.4 Å². The molecular formula is C17H19N3O4. The molecule has 0 aliphatic carbocycles. The van der Waals surface area contributed by atoms with Gasteiger partial charge in [-0.15, -0.1) is 0 Å². The molecule has 0 radical (unpaired) electrons. The number of hydrogen-bond donors (Lipinski definition) is 2. The van der Waals surface area contributed by atoms with Gasteiger partial charge in [0.25, 0.3) is 11.6 Å². The number of nitrogens with one attached hydrogen (secondary N) is 2. The van der Waals surface area contributed by atoms with Crippen LogP contribution in [0.5, 0.6) is 5.75 Å². The van der Waals surface area contributed by atoms with Crippen molar-refractivity contribution in [1.29, 1.82) is 0 Å². The molecule has 0 saturated carbocycles. The standard InChI is InChI=1S/C17H19N3O4/c1-13(24-16-5-3-2-4-6-16)17(21)19-12-11-18-14-7-9-15(10-8-14)20(22)23/h2-10,13,18H,11-12H2,1H3,(H,19,21)/t13-/m0/s1. The predicted octanol–water partition coefficient (Wildman–Crippen LogP) is 2.59. The van der Waals surface area contributed by atoms with Gasteiger partial charge in [0.15, 0.2) is 6.10 Å². The van der Waals surface area contributed by atoms with Crippen LogP contribution in [0, 0.1) is 10.1 Å². The van der Waals surface area contributed by atoms with Crippen LogP contribution in [0.25, 0.3) is 0 Å². The van der Waals surface area contributed by atoms with E-state index < -0.39 is 11.0 Å². The van der Waals surface area contributed by atoms with E-state index in [4.69, 9.17) is 4.74 Å². The molecule has 7 heteroatoms. The van der Waals surface area contributed by atoms with Gasteiger partial charge >= 0.3 is 0 Å². The Morgan fingerprint density at radius 3 is 2.42 bits per heavy atom. The summed E-state index contributed by atoms with van der Waals surface area (Å²) in [5.74, 6) is 0.438. The number of carbonyl (C=O) groups is 1. The molecule has 1 amide bonds. The summed E-state index contributed by atoms with van der Waals surface area (Å²) in [5, 5.41) is 16.4. The van der Waals surface area contributed by atoms with Crippen molar-refractivity contribution in [3.63, 3.8) is 0 Å². The molecule has 2 aromatic carbocycles. The van der Waals surface area contributed by atoms with E-state index in [2.05, 4.69) is 10.6 Å². The molecule has 1 atom stereocenters. The number of benzene rings is 2. The molecule has 0 aromatic heterocycles. The third-order valence-corrected chi connectivity index (χ3v) is 3.26. The molecule has 2 aromatic rings. The Morgan fingerprint density at radius 1 is 1.12 bits per heavy atom. The summed E-state index contributed by atoms with van der Waals surface area (Å²) in [4.78, 5) is 22.1. The van der Waals surface area contributed by atoms with Crippen LogP contribution in [0.1, 0.15) is 6.92 Å². The molecule has 0 unspecified atom stereocenters. The van der Waals surface area contributed by atoms with Crippen molar-refractivity contribution in [1.82, 2.24) is 5.32 Å². The van der Waals surface area contributed by atoms with E-state index in [1.165, 1.54) is 12.1 Å². The van der Waals surface area contributed by atoms with Gasteiger partial charge < -0.3 is 15.4 Å². The highest BCUT2D eigenvalue weighted by Gasteiger charge is 2.13. The number of nitrogens with zero attached hydrogens (tertiary/aromatic N) is 1. The van der Waals surface area contributed by atoms with Crippen LogP contribution >= 0.6 is 0 Å². The van der Waals surface area contributed by atoms with E-state index >= 15 is 0 Å². The summed E-state index contributed by atoms with van der Waals surface area (Å²) in [6.45, 7) is 2.60. The molecule has 24 heavy (non-hydrogen) atoms. The summed E-state index contributed by atoms with van der Waals surface area (Å²) >= 11 is 0. The quantitative estimate of drug-likeness (QED) is 0.441. The zero-order valence-electron chi connectivity index (χ0n) is 13.3. The Morgan fingerprint density at radius 2 is 1.79 bits per heavy atom. The highest BCUT2D eigenvalue weighted by Crippen LogP contribution is 2.15. The first kappa shape index (κ1) is 17.3. The van der Waals surface area contributed by atoms with Gasteiger partial charge in [-0.2, -0.15) is 0 Å². The monoisotopic (exact) mass is 329 g/mol. The van der Waals surface area contributed by atoms with Crippen LogP contribution in [-0.4, -0.2) is 30.0 Å². The first-order chi connectivity index (χ1) is 11.6. The maximum atomic E-state index is 11.9. The van der Waals surface area contributed by atoms with E-state index in [1.54, 1.807) is 31.2 Å². The lowest BCUT2D eigenvalue weighted by atomic mass is 10.3. The van der Waals surface area contributed by atoms with Crippen LogP contribution in [0.4, 0.5) is 11.4 Å². The fourth-order valence-electron chi connectivity index (χ4n) is 1.99. The summed E-state index contributed by atoms with van der Waals surface area (Å²) < 4.78 is 5.53. The largest absolute Gasteiger partial charge is 0.481 e. The molecule has 2 N–H and O–H groups in total. The van der Waals surface area contributed by atoms with Crippen LogP contribution in [-0.2, 0) is 4.79 Å². The Balaban J connectivity index is 1.69. The van der Waals surface area contributed by atoms with Crippen molar-refractivity contribution < 1.29 is 14.5 Å². The Labute approximate surface area is 139 Å². The normalized spacial score (nSPS) is 11.4. The molecule has 0 saturated heterocycles. The number of ether oxygens (including phenoxy) is 1. The maximum Gasteiger partial charge on any atom is 0.269 e. The minimum Gasteiger partial charge on any atom is -0.481 e. The van der Waals surface area contributed by atoms with Gasteiger partial charge in [-0.3, -0.25) is 14.9 Å². The van der Waals surface area contributed by atoms with Gasteiger partial charge in [0.05, 0.1) is 4.92 Å². The highest BCUT2D eigenvalue weighted by atomic mass is 16.6. The van der Waals surface area contributed by atoms with Crippen LogP contribution in [0.2, 0.25) is 0 Å². The lowest BCUT2D eigenvalue weighted by Gasteiger charge is -2.15. The molecular weight excluding hydrogens is 310 g/mol. The fourth-order valence-corrected chi connectivity index (χ4v) is 1.99. The Bertz CT molecular complexity index is 674. The Kier molecular flexibility index (Phi) is 6.13. The number of carbonyl (C=O) groups excluding carboxylic acids is 1. The maximum absolute atomic E-state index is 11.9. The van der Waals surface area contributed by atoms with Gasteiger partial charge in [-0.25, -0.2) is 0 Å². The molecule has 0 spiro atoms. The molecule has 0 fully saturated rings. The van der Waals surface area contributed by atoms with Crippen molar-refractivity contribution in [3.05, 3.63) is 64.7 Å². The number of anilines is 1. The lowest BCUT2D eigenvalue weighted by molar-refractivity contribution is -0.384.